The number of aliphatic hydroxyl groups excluding tert-OH is 1. The van der Waals surface area contributed by atoms with Crippen molar-refractivity contribution in [2.75, 3.05) is 6.61 Å². The summed E-state index contributed by atoms with van der Waals surface area (Å²) in [7, 11) is 0. The van der Waals surface area contributed by atoms with Crippen molar-refractivity contribution >= 4 is 40.7 Å². The van der Waals surface area contributed by atoms with E-state index in [1.807, 2.05) is 0 Å². The second-order valence-corrected chi connectivity index (χ2v) is 4.28. The molecule has 0 rings (SSSR count). The molecule has 6 heteroatoms. The first-order valence-corrected chi connectivity index (χ1v) is 4.16. The first-order valence-electron chi connectivity index (χ1n) is 3.03. The van der Waals surface area contributed by atoms with Crippen molar-refractivity contribution in [2.24, 2.45) is 0 Å². The van der Waals surface area contributed by atoms with Gasteiger partial charge in [0, 0.05) is 0 Å². The van der Waals surface area contributed by atoms with Crippen molar-refractivity contribution in [3.05, 3.63) is 12.7 Å². The fourth-order valence-electron chi connectivity index (χ4n) is 0.429. The van der Waals surface area contributed by atoms with Crippen LogP contribution in [0, 0.1) is 0 Å². The Bertz CT molecular complexity index is 178. The number of alkyl halides is 3. The highest BCUT2D eigenvalue weighted by molar-refractivity contribution is 6.76. The molecule has 0 bridgehead atoms. The van der Waals surface area contributed by atoms with E-state index in [1.165, 1.54) is 6.08 Å². The van der Waals surface area contributed by atoms with Gasteiger partial charge in [0.05, 0.1) is 12.6 Å². The number of nitrogens with one attached hydrogen (secondary N) is 1. The summed E-state index contributed by atoms with van der Waals surface area (Å²) in [6, 6.07) is -0.590. The SMILES string of the molecule is C=CC(CO)NC(=O)C(Cl)(Cl)Cl. The number of carbonyl (C=O) groups is 1. The van der Waals surface area contributed by atoms with E-state index in [0.29, 0.717) is 0 Å². The summed E-state index contributed by atoms with van der Waals surface area (Å²) in [6.45, 7) is 3.08. The van der Waals surface area contributed by atoms with Gasteiger partial charge in [-0.25, -0.2) is 0 Å². The predicted molar refractivity (Wildman–Crippen MR) is 49.5 cm³/mol. The molecule has 0 spiro atoms. The van der Waals surface area contributed by atoms with E-state index in [-0.39, 0.29) is 6.61 Å². The minimum atomic E-state index is -2.00. The number of aliphatic hydroxyl groups is 1. The van der Waals surface area contributed by atoms with E-state index >= 15 is 0 Å². The molecule has 0 radical (unpaired) electrons. The van der Waals surface area contributed by atoms with Crippen molar-refractivity contribution in [1.29, 1.82) is 0 Å². The van der Waals surface area contributed by atoms with Gasteiger partial charge < -0.3 is 10.4 Å². The fraction of sp³-hybridized carbons (Fsp3) is 0.500. The lowest BCUT2D eigenvalue weighted by atomic mass is 10.3. The molecule has 12 heavy (non-hydrogen) atoms. The monoisotopic (exact) mass is 231 g/mol. The molecule has 1 amide bonds. The molecule has 0 aromatic heterocycles. The Hall–Kier alpha value is 0.0400. The largest absolute Gasteiger partial charge is 0.394 e. The molecule has 0 aromatic carbocycles. The molecule has 2 N–H and O–H groups in total. The van der Waals surface area contributed by atoms with Gasteiger partial charge in [0.25, 0.3) is 9.70 Å². The lowest BCUT2D eigenvalue weighted by molar-refractivity contribution is -0.120. The van der Waals surface area contributed by atoms with E-state index in [9.17, 15) is 4.79 Å². The first kappa shape index (κ1) is 12.0. The number of halogens is 3. The number of hydrogen-bond donors (Lipinski definition) is 2. The zero-order chi connectivity index (χ0) is 9.78. The smallest absolute Gasteiger partial charge is 0.272 e. The zero-order valence-corrected chi connectivity index (χ0v) is 8.33. The lowest BCUT2D eigenvalue weighted by Gasteiger charge is -2.15. The Labute approximate surface area is 85.3 Å². The summed E-state index contributed by atoms with van der Waals surface area (Å²) in [6.07, 6.45) is 1.34. The van der Waals surface area contributed by atoms with Gasteiger partial charge in [0.2, 0.25) is 0 Å². The number of hydrogen-bond acceptors (Lipinski definition) is 2. The molecular weight excluding hydrogens is 224 g/mol. The van der Waals surface area contributed by atoms with Crippen LogP contribution in [0.5, 0.6) is 0 Å². The van der Waals surface area contributed by atoms with Crippen molar-refractivity contribution < 1.29 is 9.90 Å². The predicted octanol–water partition coefficient (Wildman–Crippen LogP) is 1.02. The van der Waals surface area contributed by atoms with Crippen molar-refractivity contribution in [2.45, 2.75) is 9.83 Å². The van der Waals surface area contributed by atoms with Gasteiger partial charge in [-0.15, -0.1) is 6.58 Å². The summed E-state index contributed by atoms with van der Waals surface area (Å²) >= 11 is 15.7. The third-order valence-electron chi connectivity index (χ3n) is 1.06. The van der Waals surface area contributed by atoms with Gasteiger partial charge in [0.1, 0.15) is 0 Å². The van der Waals surface area contributed by atoms with Crippen LogP contribution in [-0.2, 0) is 4.79 Å². The Kier molecular flexibility index (Phi) is 4.94. The van der Waals surface area contributed by atoms with Crippen LogP contribution in [-0.4, -0.2) is 27.5 Å². The third kappa shape index (κ3) is 4.16. The average Bonchev–Trinajstić information content (AvgIpc) is 1.97. The van der Waals surface area contributed by atoms with E-state index in [2.05, 4.69) is 11.9 Å². The molecule has 0 aliphatic rings. The van der Waals surface area contributed by atoms with Crippen molar-refractivity contribution in [3.8, 4) is 0 Å². The molecule has 0 aliphatic heterocycles. The van der Waals surface area contributed by atoms with Crippen LogP contribution >= 0.6 is 34.8 Å². The molecular formula is C6H8Cl3NO2. The molecule has 70 valence electrons. The van der Waals surface area contributed by atoms with Gasteiger partial charge in [-0.1, -0.05) is 40.9 Å². The van der Waals surface area contributed by atoms with E-state index < -0.39 is 15.7 Å². The van der Waals surface area contributed by atoms with Crippen LogP contribution in [0.1, 0.15) is 0 Å². The van der Waals surface area contributed by atoms with Gasteiger partial charge in [-0.3, -0.25) is 4.79 Å². The van der Waals surface area contributed by atoms with Crippen LogP contribution in [0.2, 0.25) is 0 Å². The van der Waals surface area contributed by atoms with Crippen LogP contribution in [0.25, 0.3) is 0 Å². The zero-order valence-electron chi connectivity index (χ0n) is 6.06. The van der Waals surface area contributed by atoms with Gasteiger partial charge >= 0.3 is 0 Å². The first-order chi connectivity index (χ1) is 5.41. The average molecular weight is 232 g/mol. The maximum atomic E-state index is 10.9. The van der Waals surface area contributed by atoms with Crippen LogP contribution in [0.15, 0.2) is 12.7 Å². The molecule has 0 saturated heterocycles. The summed E-state index contributed by atoms with van der Waals surface area (Å²) in [5, 5.41) is 10.9. The molecule has 0 aromatic rings. The Morgan fingerprint density at radius 1 is 1.67 bits per heavy atom. The third-order valence-corrected chi connectivity index (χ3v) is 1.57. The lowest BCUT2D eigenvalue weighted by Crippen LogP contribution is -2.42. The molecule has 1 atom stereocenters. The maximum absolute atomic E-state index is 10.9. The molecule has 3 nitrogen and oxygen atoms in total. The second kappa shape index (κ2) is 4.92. The standard InChI is InChI=1S/C6H8Cl3NO2/c1-2-4(3-11)10-5(12)6(7,8)9/h2,4,11H,1,3H2,(H,10,12). The van der Waals surface area contributed by atoms with Crippen molar-refractivity contribution in [3.63, 3.8) is 0 Å². The quantitative estimate of drug-likeness (QED) is 0.564. The Balaban J connectivity index is 4.08. The van der Waals surface area contributed by atoms with Crippen molar-refractivity contribution in [1.82, 2.24) is 5.32 Å². The van der Waals surface area contributed by atoms with Crippen LogP contribution < -0.4 is 5.32 Å². The summed E-state index contributed by atoms with van der Waals surface area (Å²) in [5.41, 5.74) is 0. The topological polar surface area (TPSA) is 49.3 Å². The van der Waals surface area contributed by atoms with Gasteiger partial charge in [-0.2, -0.15) is 0 Å². The van der Waals surface area contributed by atoms with E-state index in [0.717, 1.165) is 0 Å². The number of carbonyl (C=O) groups excluding carboxylic acids is 1. The number of amides is 1. The summed E-state index contributed by atoms with van der Waals surface area (Å²) in [4.78, 5) is 10.9. The molecule has 1 unspecified atom stereocenters. The molecule has 0 heterocycles. The Morgan fingerprint density at radius 3 is 2.42 bits per heavy atom. The highest BCUT2D eigenvalue weighted by Gasteiger charge is 2.31. The number of rotatable bonds is 3. The van der Waals surface area contributed by atoms with Crippen LogP contribution in [0.4, 0.5) is 0 Å². The van der Waals surface area contributed by atoms with E-state index in [1.54, 1.807) is 0 Å². The van der Waals surface area contributed by atoms with Crippen LogP contribution in [0.3, 0.4) is 0 Å². The minimum Gasteiger partial charge on any atom is -0.394 e. The highest BCUT2D eigenvalue weighted by atomic mass is 35.6. The molecule has 0 aliphatic carbocycles. The normalized spacial score (nSPS) is 13.7. The van der Waals surface area contributed by atoms with Gasteiger partial charge in [0.15, 0.2) is 0 Å². The second-order valence-electron chi connectivity index (χ2n) is 2.00. The van der Waals surface area contributed by atoms with Gasteiger partial charge in [-0.05, 0) is 0 Å². The fourth-order valence-corrected chi connectivity index (χ4v) is 0.593. The minimum absolute atomic E-state index is 0.282. The van der Waals surface area contributed by atoms with E-state index in [4.69, 9.17) is 39.9 Å². The highest BCUT2D eigenvalue weighted by Crippen LogP contribution is 2.25. The molecule has 0 fully saturated rings. The summed E-state index contributed by atoms with van der Waals surface area (Å²) < 4.78 is -2.00. The molecule has 0 saturated carbocycles. The Morgan fingerprint density at radius 2 is 2.17 bits per heavy atom. The summed E-state index contributed by atoms with van der Waals surface area (Å²) in [5.74, 6) is -0.786. The maximum Gasteiger partial charge on any atom is 0.272 e.